The van der Waals surface area contributed by atoms with Crippen molar-refractivity contribution < 1.29 is 9.72 Å². The number of aromatic nitrogens is 1. The largest absolute Gasteiger partial charge is 0.351 e. The molecule has 1 amide bonds. The number of carbonyl (C=O) groups is 1. The van der Waals surface area contributed by atoms with Crippen LogP contribution in [-0.2, 0) is 0 Å². The van der Waals surface area contributed by atoms with E-state index >= 15 is 0 Å². The Bertz CT molecular complexity index is 656. The molecule has 0 atom stereocenters. The number of amides is 1. The molecule has 2 heterocycles. The summed E-state index contributed by atoms with van der Waals surface area (Å²) in [5, 5.41) is 11.4. The lowest BCUT2D eigenvalue weighted by atomic mass is 10.2. The molecular weight excluding hydrogens is 246 g/mol. The first-order valence-corrected chi connectivity index (χ1v) is 6.21. The summed E-state index contributed by atoms with van der Waals surface area (Å²) in [5.74, 6) is -0.0312. The highest BCUT2D eigenvalue weighted by Gasteiger charge is 2.21. The monoisotopic (exact) mass is 259 g/mol. The normalized spacial score (nSPS) is 15.1. The Hall–Kier alpha value is -2.37. The molecule has 2 aromatic rings. The van der Waals surface area contributed by atoms with Gasteiger partial charge in [0.25, 0.3) is 11.6 Å². The fraction of sp³-hybridized carbons (Fsp3) is 0.308. The number of nitrogens with one attached hydrogen (secondary N) is 1. The summed E-state index contributed by atoms with van der Waals surface area (Å²) in [6.45, 7) is 1.57. The van der Waals surface area contributed by atoms with Crippen molar-refractivity contribution in [1.82, 2.24) is 9.88 Å². The Morgan fingerprint density at radius 3 is 2.68 bits per heavy atom. The minimum atomic E-state index is -0.436. The molecule has 1 aromatic heterocycles. The highest BCUT2D eigenvalue weighted by atomic mass is 16.6. The second-order valence-electron chi connectivity index (χ2n) is 4.71. The van der Waals surface area contributed by atoms with Gasteiger partial charge in [0, 0.05) is 36.1 Å². The number of nitro benzene ring substituents is 1. The van der Waals surface area contributed by atoms with Gasteiger partial charge in [-0.25, -0.2) is 0 Å². The zero-order valence-corrected chi connectivity index (χ0v) is 10.3. The molecule has 6 nitrogen and oxygen atoms in total. The van der Waals surface area contributed by atoms with Gasteiger partial charge in [-0.3, -0.25) is 14.9 Å². The molecule has 0 bridgehead atoms. The summed E-state index contributed by atoms with van der Waals surface area (Å²) >= 11 is 0. The van der Waals surface area contributed by atoms with Crippen molar-refractivity contribution in [2.24, 2.45) is 0 Å². The van der Waals surface area contributed by atoms with Crippen LogP contribution in [0.5, 0.6) is 0 Å². The summed E-state index contributed by atoms with van der Waals surface area (Å²) in [6.07, 6.45) is 2.08. The maximum Gasteiger partial charge on any atom is 0.270 e. The summed E-state index contributed by atoms with van der Waals surface area (Å²) < 4.78 is 0. The smallest absolute Gasteiger partial charge is 0.270 e. The third-order valence-electron chi connectivity index (χ3n) is 3.44. The summed E-state index contributed by atoms with van der Waals surface area (Å²) in [5.41, 5.74) is 1.28. The zero-order valence-electron chi connectivity index (χ0n) is 10.3. The molecule has 1 aliphatic heterocycles. The molecule has 0 unspecified atom stereocenters. The van der Waals surface area contributed by atoms with Crippen LogP contribution in [0.4, 0.5) is 5.69 Å². The molecule has 1 aliphatic rings. The SMILES string of the molecule is O=C(c1cc2cc([N+](=O)[O-])ccc2[nH]1)N1CCCC1. The van der Waals surface area contributed by atoms with Crippen LogP contribution in [-0.4, -0.2) is 33.8 Å². The van der Waals surface area contributed by atoms with E-state index in [4.69, 9.17) is 0 Å². The number of aromatic amines is 1. The Balaban J connectivity index is 1.96. The molecule has 0 aliphatic carbocycles. The standard InChI is InChI=1S/C13H13N3O3/c17-13(15-5-1-2-6-15)12-8-9-7-10(16(18)19)3-4-11(9)14-12/h3-4,7-8,14H,1-2,5-6H2. The lowest BCUT2D eigenvalue weighted by molar-refractivity contribution is -0.384. The van der Waals surface area contributed by atoms with Gasteiger partial charge in [-0.1, -0.05) is 0 Å². The number of H-pyrrole nitrogens is 1. The van der Waals surface area contributed by atoms with Gasteiger partial charge in [0.05, 0.1) is 4.92 Å². The first-order chi connectivity index (χ1) is 9.15. The lowest BCUT2D eigenvalue weighted by Crippen LogP contribution is -2.27. The van der Waals surface area contributed by atoms with Crippen LogP contribution in [0.1, 0.15) is 23.3 Å². The fourth-order valence-corrected chi connectivity index (χ4v) is 2.44. The maximum atomic E-state index is 12.2. The van der Waals surface area contributed by atoms with E-state index in [1.165, 1.54) is 12.1 Å². The highest BCUT2D eigenvalue weighted by molar-refractivity contribution is 5.98. The average Bonchev–Trinajstić information content (AvgIpc) is 3.06. The fourth-order valence-electron chi connectivity index (χ4n) is 2.44. The number of likely N-dealkylation sites (tertiary alicyclic amines) is 1. The number of fused-ring (bicyclic) bond motifs is 1. The first-order valence-electron chi connectivity index (χ1n) is 6.21. The number of nitro groups is 1. The van der Waals surface area contributed by atoms with E-state index in [1.54, 1.807) is 17.0 Å². The van der Waals surface area contributed by atoms with E-state index in [0.29, 0.717) is 11.1 Å². The molecule has 1 fully saturated rings. The van der Waals surface area contributed by atoms with Gasteiger partial charge in [-0.05, 0) is 25.0 Å². The molecule has 6 heteroatoms. The second-order valence-corrected chi connectivity index (χ2v) is 4.71. The summed E-state index contributed by atoms with van der Waals surface area (Å²) in [4.78, 5) is 27.3. The molecule has 1 saturated heterocycles. The van der Waals surface area contributed by atoms with Crippen LogP contribution < -0.4 is 0 Å². The van der Waals surface area contributed by atoms with E-state index in [1.807, 2.05) is 0 Å². The van der Waals surface area contributed by atoms with Crippen LogP contribution in [0.2, 0.25) is 0 Å². The van der Waals surface area contributed by atoms with Crippen LogP contribution in [0.15, 0.2) is 24.3 Å². The third kappa shape index (κ3) is 2.05. The van der Waals surface area contributed by atoms with Gasteiger partial charge in [-0.15, -0.1) is 0 Å². The predicted octanol–water partition coefficient (Wildman–Crippen LogP) is 2.31. The van der Waals surface area contributed by atoms with Crippen molar-refractivity contribution in [3.63, 3.8) is 0 Å². The first kappa shape index (κ1) is 11.7. The molecule has 0 radical (unpaired) electrons. The number of hydrogen-bond acceptors (Lipinski definition) is 3. The van der Waals surface area contributed by atoms with Gasteiger partial charge in [0.2, 0.25) is 0 Å². The van der Waals surface area contributed by atoms with Crippen LogP contribution in [0, 0.1) is 10.1 Å². The lowest BCUT2D eigenvalue weighted by Gasteiger charge is -2.13. The Kier molecular flexibility index (Phi) is 2.70. The van der Waals surface area contributed by atoms with Crippen molar-refractivity contribution in [3.05, 3.63) is 40.1 Å². The summed E-state index contributed by atoms with van der Waals surface area (Å²) in [7, 11) is 0. The van der Waals surface area contributed by atoms with Crippen LogP contribution >= 0.6 is 0 Å². The van der Waals surface area contributed by atoms with E-state index in [0.717, 1.165) is 31.4 Å². The Morgan fingerprint density at radius 2 is 2.00 bits per heavy atom. The van der Waals surface area contributed by atoms with Crippen molar-refractivity contribution >= 4 is 22.5 Å². The van der Waals surface area contributed by atoms with E-state index in [2.05, 4.69) is 4.98 Å². The summed E-state index contributed by atoms with van der Waals surface area (Å²) in [6, 6.07) is 6.23. The second kappa shape index (κ2) is 4.38. The average molecular weight is 259 g/mol. The van der Waals surface area contributed by atoms with Gasteiger partial charge in [-0.2, -0.15) is 0 Å². The quantitative estimate of drug-likeness (QED) is 0.664. The number of nitrogens with zero attached hydrogens (tertiary/aromatic N) is 2. The number of rotatable bonds is 2. The Labute approximate surface area is 109 Å². The molecule has 1 N–H and O–H groups in total. The molecule has 0 spiro atoms. The molecule has 98 valence electrons. The van der Waals surface area contributed by atoms with Crippen molar-refractivity contribution in [3.8, 4) is 0 Å². The van der Waals surface area contributed by atoms with Crippen LogP contribution in [0.25, 0.3) is 10.9 Å². The van der Waals surface area contributed by atoms with E-state index in [-0.39, 0.29) is 11.6 Å². The number of carbonyl (C=O) groups excluding carboxylic acids is 1. The minimum Gasteiger partial charge on any atom is -0.351 e. The topological polar surface area (TPSA) is 79.2 Å². The molecule has 0 saturated carbocycles. The van der Waals surface area contributed by atoms with Crippen molar-refractivity contribution in [2.75, 3.05) is 13.1 Å². The van der Waals surface area contributed by atoms with Gasteiger partial charge in [0.1, 0.15) is 5.69 Å². The highest BCUT2D eigenvalue weighted by Crippen LogP contribution is 2.22. The zero-order chi connectivity index (χ0) is 13.4. The molecule has 3 rings (SSSR count). The van der Waals surface area contributed by atoms with E-state index < -0.39 is 4.92 Å². The van der Waals surface area contributed by atoms with E-state index in [9.17, 15) is 14.9 Å². The van der Waals surface area contributed by atoms with Crippen molar-refractivity contribution in [2.45, 2.75) is 12.8 Å². The predicted molar refractivity (Wildman–Crippen MR) is 70.1 cm³/mol. The Morgan fingerprint density at radius 1 is 1.26 bits per heavy atom. The molecule has 1 aromatic carbocycles. The van der Waals surface area contributed by atoms with Gasteiger partial charge in [0.15, 0.2) is 0 Å². The third-order valence-corrected chi connectivity index (χ3v) is 3.44. The van der Waals surface area contributed by atoms with Gasteiger partial charge < -0.3 is 9.88 Å². The van der Waals surface area contributed by atoms with Crippen LogP contribution in [0.3, 0.4) is 0 Å². The number of non-ortho nitro benzene ring substituents is 1. The minimum absolute atomic E-state index is 0.0312. The maximum absolute atomic E-state index is 12.2. The molecule has 19 heavy (non-hydrogen) atoms. The van der Waals surface area contributed by atoms with Crippen molar-refractivity contribution in [1.29, 1.82) is 0 Å². The van der Waals surface area contributed by atoms with Gasteiger partial charge >= 0.3 is 0 Å². The molecular formula is C13H13N3O3. The number of benzene rings is 1. The number of hydrogen-bond donors (Lipinski definition) is 1.